The number of halogens is 1. The molecule has 0 saturated carbocycles. The largest absolute Gasteiger partial charge is 0.334 e. The third-order valence-corrected chi connectivity index (χ3v) is 6.36. The quantitative estimate of drug-likeness (QED) is 0.657. The number of rotatable bonds is 4. The van der Waals surface area contributed by atoms with Gasteiger partial charge in [0.05, 0.1) is 17.4 Å². The number of aromatic nitrogens is 2. The van der Waals surface area contributed by atoms with Gasteiger partial charge in [-0.1, -0.05) is 30.3 Å². The number of nitrogens with zero attached hydrogens (tertiary/aromatic N) is 2. The molecule has 4 rings (SSSR count). The fourth-order valence-corrected chi connectivity index (χ4v) is 4.81. The molecule has 0 saturated heterocycles. The summed E-state index contributed by atoms with van der Waals surface area (Å²) < 4.78 is 15.9. The molecule has 150 valence electrons. The minimum atomic E-state index is -0.261. The van der Waals surface area contributed by atoms with Crippen molar-refractivity contribution in [2.75, 3.05) is 5.75 Å². The van der Waals surface area contributed by atoms with Crippen molar-refractivity contribution < 1.29 is 9.18 Å². The molecule has 2 N–H and O–H groups in total. The number of amides is 2. The maximum atomic E-state index is 14.0. The number of hydrogen-bond acceptors (Lipinski definition) is 3. The summed E-state index contributed by atoms with van der Waals surface area (Å²) in [6, 6.07) is 14.5. The summed E-state index contributed by atoms with van der Waals surface area (Å²) in [7, 11) is 0. The van der Waals surface area contributed by atoms with E-state index in [-0.39, 0.29) is 17.9 Å². The number of benzene rings is 2. The lowest BCUT2D eigenvalue weighted by atomic mass is 10.0. The van der Waals surface area contributed by atoms with Crippen molar-refractivity contribution >= 4 is 17.8 Å². The molecule has 7 heteroatoms. The Labute approximate surface area is 173 Å². The van der Waals surface area contributed by atoms with Gasteiger partial charge in [0.15, 0.2) is 0 Å². The molecular weight excluding hydrogens is 387 g/mol. The van der Waals surface area contributed by atoms with Crippen molar-refractivity contribution in [1.29, 1.82) is 0 Å². The maximum Gasteiger partial charge on any atom is 0.315 e. The second-order valence-corrected chi connectivity index (χ2v) is 8.18. The first-order valence-electron chi connectivity index (χ1n) is 9.60. The Bertz CT molecular complexity index is 1030. The zero-order chi connectivity index (χ0) is 20.4. The lowest BCUT2D eigenvalue weighted by Crippen LogP contribution is -2.38. The van der Waals surface area contributed by atoms with Crippen LogP contribution in [0.25, 0.3) is 5.69 Å². The second kappa shape index (κ2) is 8.29. The van der Waals surface area contributed by atoms with Crippen molar-refractivity contribution in [3.8, 4) is 5.69 Å². The molecule has 0 radical (unpaired) electrons. The average molecular weight is 411 g/mol. The fraction of sp³-hybridized carbons (Fsp3) is 0.273. The molecule has 29 heavy (non-hydrogen) atoms. The molecule has 0 spiro atoms. The Morgan fingerprint density at radius 1 is 1.21 bits per heavy atom. The molecule has 1 unspecified atom stereocenters. The van der Waals surface area contributed by atoms with E-state index in [2.05, 4.69) is 15.7 Å². The Morgan fingerprint density at radius 3 is 2.79 bits per heavy atom. The third kappa shape index (κ3) is 4.00. The Kier molecular flexibility index (Phi) is 5.58. The van der Waals surface area contributed by atoms with Crippen LogP contribution in [0.2, 0.25) is 0 Å². The Balaban J connectivity index is 1.44. The normalized spacial score (nSPS) is 15.6. The number of urea groups is 1. The first-order chi connectivity index (χ1) is 14.0. The van der Waals surface area contributed by atoms with Gasteiger partial charge in [-0.25, -0.2) is 13.9 Å². The second-order valence-electron chi connectivity index (χ2n) is 7.07. The first kappa shape index (κ1) is 19.5. The summed E-state index contributed by atoms with van der Waals surface area (Å²) >= 11 is 1.50. The van der Waals surface area contributed by atoms with Crippen LogP contribution >= 0.6 is 11.8 Å². The molecule has 1 atom stereocenters. The van der Waals surface area contributed by atoms with Gasteiger partial charge in [-0.05, 0) is 44.0 Å². The monoisotopic (exact) mass is 410 g/mol. The van der Waals surface area contributed by atoms with E-state index in [1.165, 1.54) is 17.8 Å². The van der Waals surface area contributed by atoms with Crippen LogP contribution in [0.5, 0.6) is 0 Å². The molecule has 0 bridgehead atoms. The van der Waals surface area contributed by atoms with Gasteiger partial charge in [-0.2, -0.15) is 5.10 Å². The van der Waals surface area contributed by atoms with E-state index in [1.54, 1.807) is 6.07 Å². The van der Waals surface area contributed by atoms with Gasteiger partial charge in [0.1, 0.15) is 5.82 Å². The smallest absolute Gasteiger partial charge is 0.315 e. The standard InChI is InChI=1S/C22H23FN4OS/c1-14-18(15(2)27(26-14)16-7-4-3-5-8-16)13-24-22(28)25-20-11-12-29-21-17(20)9-6-10-19(21)23/h3-10,20H,11-13H2,1-2H3,(H2,24,25,28). The van der Waals surface area contributed by atoms with Gasteiger partial charge in [0.25, 0.3) is 0 Å². The number of hydrogen-bond donors (Lipinski definition) is 2. The van der Waals surface area contributed by atoms with Gasteiger partial charge in [0.2, 0.25) is 0 Å². The Hall–Kier alpha value is -2.80. The maximum absolute atomic E-state index is 14.0. The van der Waals surface area contributed by atoms with Gasteiger partial charge < -0.3 is 10.6 Å². The van der Waals surface area contributed by atoms with E-state index in [9.17, 15) is 9.18 Å². The molecule has 1 aliphatic rings. The molecule has 3 aromatic rings. The number of carbonyl (C=O) groups is 1. The lowest BCUT2D eigenvalue weighted by molar-refractivity contribution is 0.236. The fourth-order valence-electron chi connectivity index (χ4n) is 3.67. The van der Waals surface area contributed by atoms with Crippen molar-refractivity contribution in [2.24, 2.45) is 0 Å². The van der Waals surface area contributed by atoms with Crippen LogP contribution in [-0.2, 0) is 6.54 Å². The van der Waals surface area contributed by atoms with Gasteiger partial charge in [-0.15, -0.1) is 11.8 Å². The molecule has 0 fully saturated rings. The van der Waals surface area contributed by atoms with Crippen LogP contribution in [0.4, 0.5) is 9.18 Å². The van der Waals surface area contributed by atoms with Crippen LogP contribution in [0, 0.1) is 19.7 Å². The zero-order valence-electron chi connectivity index (χ0n) is 16.4. The zero-order valence-corrected chi connectivity index (χ0v) is 17.2. The van der Waals surface area contributed by atoms with Crippen LogP contribution in [0.3, 0.4) is 0 Å². The molecule has 1 aromatic heterocycles. The highest BCUT2D eigenvalue weighted by molar-refractivity contribution is 7.99. The highest BCUT2D eigenvalue weighted by atomic mass is 32.2. The molecule has 2 heterocycles. The number of carbonyl (C=O) groups excluding carboxylic acids is 1. The minimum Gasteiger partial charge on any atom is -0.334 e. The number of aryl methyl sites for hydroxylation is 1. The van der Waals surface area contributed by atoms with Crippen LogP contribution in [0.15, 0.2) is 53.4 Å². The summed E-state index contributed by atoms with van der Waals surface area (Å²) in [5, 5.41) is 10.5. The van der Waals surface area contributed by atoms with E-state index in [0.29, 0.717) is 11.4 Å². The topological polar surface area (TPSA) is 59.0 Å². The highest BCUT2D eigenvalue weighted by Gasteiger charge is 2.24. The number of fused-ring (bicyclic) bond motifs is 1. The van der Waals surface area contributed by atoms with E-state index in [1.807, 2.05) is 54.9 Å². The predicted molar refractivity (Wildman–Crippen MR) is 113 cm³/mol. The van der Waals surface area contributed by atoms with E-state index >= 15 is 0 Å². The summed E-state index contributed by atoms with van der Waals surface area (Å²) in [6.07, 6.45) is 0.776. The van der Waals surface area contributed by atoms with Crippen molar-refractivity contribution in [1.82, 2.24) is 20.4 Å². The molecule has 0 aliphatic carbocycles. The van der Waals surface area contributed by atoms with Gasteiger partial charge in [0, 0.05) is 28.5 Å². The van der Waals surface area contributed by atoms with Crippen LogP contribution in [-0.4, -0.2) is 21.6 Å². The van der Waals surface area contributed by atoms with Gasteiger partial charge in [-0.3, -0.25) is 0 Å². The summed E-state index contributed by atoms with van der Waals surface area (Å²) in [6.45, 7) is 4.33. The van der Waals surface area contributed by atoms with Gasteiger partial charge >= 0.3 is 6.03 Å². The molecule has 5 nitrogen and oxygen atoms in total. The molecule has 2 amide bonds. The summed E-state index contributed by atoms with van der Waals surface area (Å²) in [5.41, 5.74) is 4.71. The van der Waals surface area contributed by atoms with E-state index in [4.69, 9.17) is 0 Å². The summed E-state index contributed by atoms with van der Waals surface area (Å²) in [4.78, 5) is 13.2. The molecule has 1 aliphatic heterocycles. The molecular formula is C22H23FN4OS. The molecule has 2 aromatic carbocycles. The minimum absolute atomic E-state index is 0.184. The SMILES string of the molecule is Cc1nn(-c2ccccc2)c(C)c1CNC(=O)NC1CCSc2c(F)cccc21. The Morgan fingerprint density at radius 2 is 2.00 bits per heavy atom. The highest BCUT2D eigenvalue weighted by Crippen LogP contribution is 2.37. The predicted octanol–water partition coefficient (Wildman–Crippen LogP) is 4.66. The van der Waals surface area contributed by atoms with Crippen molar-refractivity contribution in [2.45, 2.75) is 37.8 Å². The van der Waals surface area contributed by atoms with Crippen molar-refractivity contribution in [3.63, 3.8) is 0 Å². The van der Waals surface area contributed by atoms with Crippen molar-refractivity contribution in [3.05, 3.63) is 76.9 Å². The number of thioether (sulfide) groups is 1. The van der Waals surface area contributed by atoms with E-state index in [0.717, 1.165) is 40.4 Å². The summed E-state index contributed by atoms with van der Waals surface area (Å²) in [5.74, 6) is 0.556. The number of para-hydroxylation sites is 1. The third-order valence-electron chi connectivity index (χ3n) is 5.20. The van der Waals surface area contributed by atoms with Crippen LogP contribution < -0.4 is 10.6 Å². The van der Waals surface area contributed by atoms with E-state index < -0.39 is 0 Å². The van der Waals surface area contributed by atoms with Crippen LogP contribution in [0.1, 0.15) is 35.0 Å². The first-order valence-corrected chi connectivity index (χ1v) is 10.6. The lowest BCUT2D eigenvalue weighted by Gasteiger charge is -2.26. The average Bonchev–Trinajstić information content (AvgIpc) is 3.01. The number of nitrogens with one attached hydrogen (secondary N) is 2.